The molecule has 1 N–H and O–H groups in total. The first-order valence-corrected chi connectivity index (χ1v) is 11.4. The first kappa shape index (κ1) is 20.4. The number of anilines is 1. The fourth-order valence-electron chi connectivity index (χ4n) is 3.50. The molecule has 0 aliphatic carbocycles. The molecule has 2 aliphatic rings. The van der Waals surface area contributed by atoms with Crippen LogP contribution in [0.15, 0.2) is 30.3 Å². The summed E-state index contributed by atoms with van der Waals surface area (Å²) in [5.41, 5.74) is 1.47. The van der Waals surface area contributed by atoms with Gasteiger partial charge in [0.1, 0.15) is 0 Å². The van der Waals surface area contributed by atoms with Gasteiger partial charge < -0.3 is 10.2 Å². The highest BCUT2D eigenvalue weighted by Gasteiger charge is 2.28. The molecular formula is C20H27N3O4S. The van der Waals surface area contributed by atoms with Gasteiger partial charge in [-0.3, -0.25) is 13.9 Å². The molecule has 2 fully saturated rings. The maximum Gasteiger partial charge on any atom is 0.244 e. The van der Waals surface area contributed by atoms with Gasteiger partial charge in [-0.2, -0.15) is 0 Å². The Morgan fingerprint density at radius 3 is 2.57 bits per heavy atom. The van der Waals surface area contributed by atoms with Crippen molar-refractivity contribution < 1.29 is 18.0 Å². The maximum absolute atomic E-state index is 12.0. The van der Waals surface area contributed by atoms with Crippen LogP contribution in [-0.4, -0.2) is 57.1 Å². The first-order valence-electron chi connectivity index (χ1n) is 9.80. The Labute approximate surface area is 166 Å². The van der Waals surface area contributed by atoms with Crippen LogP contribution in [-0.2, 0) is 19.6 Å². The van der Waals surface area contributed by atoms with Gasteiger partial charge in [-0.1, -0.05) is 18.6 Å². The van der Waals surface area contributed by atoms with Gasteiger partial charge >= 0.3 is 0 Å². The zero-order valence-electron chi connectivity index (χ0n) is 16.0. The lowest BCUT2D eigenvalue weighted by Gasteiger charge is -2.20. The molecule has 0 unspecified atom stereocenters. The highest BCUT2D eigenvalue weighted by molar-refractivity contribution is 7.93. The number of nitrogens with zero attached hydrogens (tertiary/aromatic N) is 2. The fraction of sp³-hybridized carbons (Fsp3) is 0.500. The Morgan fingerprint density at radius 2 is 1.86 bits per heavy atom. The molecule has 0 spiro atoms. The molecule has 0 bridgehead atoms. The van der Waals surface area contributed by atoms with E-state index in [1.54, 1.807) is 30.3 Å². The van der Waals surface area contributed by atoms with Crippen LogP contribution in [0.1, 0.15) is 37.7 Å². The van der Waals surface area contributed by atoms with Gasteiger partial charge in [0.2, 0.25) is 21.8 Å². The van der Waals surface area contributed by atoms with Gasteiger partial charge in [-0.05, 0) is 43.0 Å². The van der Waals surface area contributed by atoms with Crippen molar-refractivity contribution in [1.29, 1.82) is 0 Å². The van der Waals surface area contributed by atoms with E-state index < -0.39 is 10.0 Å². The van der Waals surface area contributed by atoms with Crippen LogP contribution < -0.4 is 9.62 Å². The molecule has 2 heterocycles. The third kappa shape index (κ3) is 5.34. The topological polar surface area (TPSA) is 86.8 Å². The van der Waals surface area contributed by atoms with E-state index in [1.165, 1.54) is 10.4 Å². The van der Waals surface area contributed by atoms with Crippen LogP contribution >= 0.6 is 0 Å². The average Bonchev–Trinajstić information content (AvgIpc) is 2.90. The summed E-state index contributed by atoms with van der Waals surface area (Å²) in [6, 6.07) is 7.10. The number of rotatable bonds is 6. The SMILES string of the molecule is O=C(/C=C/c1ccc(N2CCCS2(=O)=O)cc1)NCCN1CCCCCC1=O. The Bertz CT molecular complexity index is 834. The lowest BCUT2D eigenvalue weighted by atomic mass is 10.2. The molecule has 1 aromatic rings. The minimum absolute atomic E-state index is 0.169. The number of likely N-dealkylation sites (tertiary alicyclic amines) is 1. The van der Waals surface area contributed by atoms with Crippen LogP contribution in [0.25, 0.3) is 6.08 Å². The van der Waals surface area contributed by atoms with Gasteiger partial charge in [0.05, 0.1) is 11.4 Å². The lowest BCUT2D eigenvalue weighted by molar-refractivity contribution is -0.131. The summed E-state index contributed by atoms with van der Waals surface area (Å²) >= 11 is 0. The minimum atomic E-state index is -3.18. The molecule has 0 atom stereocenters. The van der Waals surface area contributed by atoms with Crippen molar-refractivity contribution in [2.24, 2.45) is 0 Å². The monoisotopic (exact) mass is 405 g/mol. The number of nitrogens with one attached hydrogen (secondary N) is 1. The predicted molar refractivity (Wildman–Crippen MR) is 109 cm³/mol. The second-order valence-corrected chi connectivity index (χ2v) is 9.16. The summed E-state index contributed by atoms with van der Waals surface area (Å²) in [7, 11) is -3.18. The zero-order valence-corrected chi connectivity index (χ0v) is 16.8. The van der Waals surface area contributed by atoms with E-state index in [2.05, 4.69) is 5.32 Å². The van der Waals surface area contributed by atoms with Crippen molar-refractivity contribution >= 4 is 33.6 Å². The van der Waals surface area contributed by atoms with Crippen molar-refractivity contribution in [1.82, 2.24) is 10.2 Å². The number of hydrogen-bond donors (Lipinski definition) is 1. The van der Waals surface area contributed by atoms with E-state index in [9.17, 15) is 18.0 Å². The second kappa shape index (κ2) is 9.23. The molecule has 2 amide bonds. The standard InChI is InChI=1S/C20H27N3O4S/c24-19(21-12-15-22-13-3-1-2-5-20(22)25)11-8-17-6-9-18(10-7-17)23-14-4-16-28(23,26)27/h6-11H,1-5,12-16H2,(H,21,24)/b11-8+. The largest absolute Gasteiger partial charge is 0.351 e. The van der Waals surface area contributed by atoms with Crippen molar-refractivity contribution in [2.75, 3.05) is 36.2 Å². The number of carbonyl (C=O) groups excluding carboxylic acids is 2. The quantitative estimate of drug-likeness (QED) is 0.731. The summed E-state index contributed by atoms with van der Waals surface area (Å²) in [4.78, 5) is 25.7. The zero-order chi connectivity index (χ0) is 20.0. The molecule has 28 heavy (non-hydrogen) atoms. The van der Waals surface area contributed by atoms with Crippen LogP contribution in [0.3, 0.4) is 0 Å². The lowest BCUT2D eigenvalue weighted by Crippen LogP contribution is -2.37. The Kier molecular flexibility index (Phi) is 6.72. The number of sulfonamides is 1. The second-order valence-electron chi connectivity index (χ2n) is 7.15. The Balaban J connectivity index is 1.47. The molecule has 0 radical (unpaired) electrons. The molecule has 152 valence electrons. The molecule has 0 saturated carbocycles. The normalized spacial score (nSPS) is 19.8. The number of hydrogen-bond acceptors (Lipinski definition) is 4. The predicted octanol–water partition coefficient (Wildman–Crippen LogP) is 1.76. The van der Waals surface area contributed by atoms with Crippen molar-refractivity contribution in [3.8, 4) is 0 Å². The molecule has 1 aromatic carbocycles. The molecule has 2 aliphatic heterocycles. The van der Waals surface area contributed by atoms with Gasteiger partial charge in [-0.15, -0.1) is 0 Å². The van der Waals surface area contributed by atoms with Crippen LogP contribution in [0.5, 0.6) is 0 Å². The molecule has 7 nitrogen and oxygen atoms in total. The summed E-state index contributed by atoms with van der Waals surface area (Å²) in [5.74, 6) is 0.147. The van der Waals surface area contributed by atoms with Gasteiger partial charge in [-0.25, -0.2) is 8.42 Å². The molecule has 8 heteroatoms. The third-order valence-corrected chi connectivity index (χ3v) is 6.93. The van der Waals surface area contributed by atoms with Crippen molar-refractivity contribution in [3.05, 3.63) is 35.9 Å². The minimum Gasteiger partial charge on any atom is -0.351 e. The maximum atomic E-state index is 12.0. The number of benzene rings is 1. The third-order valence-electron chi connectivity index (χ3n) is 5.06. The van der Waals surface area contributed by atoms with E-state index in [1.807, 2.05) is 4.90 Å². The van der Waals surface area contributed by atoms with Crippen LogP contribution in [0.2, 0.25) is 0 Å². The summed E-state index contributed by atoms with van der Waals surface area (Å²) < 4.78 is 25.3. The highest BCUT2D eigenvalue weighted by Crippen LogP contribution is 2.24. The first-order chi connectivity index (χ1) is 13.5. The summed E-state index contributed by atoms with van der Waals surface area (Å²) in [6.45, 7) is 2.25. The van der Waals surface area contributed by atoms with E-state index in [0.29, 0.717) is 38.2 Å². The number of amides is 2. The average molecular weight is 406 g/mol. The van der Waals surface area contributed by atoms with Gasteiger partial charge in [0, 0.05) is 38.7 Å². The fourth-order valence-corrected chi connectivity index (χ4v) is 5.07. The summed E-state index contributed by atoms with van der Waals surface area (Å²) in [6.07, 6.45) is 7.44. The van der Waals surface area contributed by atoms with Crippen molar-refractivity contribution in [2.45, 2.75) is 32.1 Å². The molecule has 3 rings (SSSR count). The van der Waals surface area contributed by atoms with Crippen LogP contribution in [0, 0.1) is 0 Å². The van der Waals surface area contributed by atoms with E-state index in [4.69, 9.17) is 0 Å². The Morgan fingerprint density at radius 1 is 1.07 bits per heavy atom. The van der Waals surface area contributed by atoms with Gasteiger partial charge in [0.25, 0.3) is 0 Å². The summed E-state index contributed by atoms with van der Waals surface area (Å²) in [5, 5.41) is 2.80. The van der Waals surface area contributed by atoms with Crippen LogP contribution in [0.4, 0.5) is 5.69 Å². The van der Waals surface area contributed by atoms with E-state index in [0.717, 1.165) is 31.4 Å². The van der Waals surface area contributed by atoms with E-state index >= 15 is 0 Å². The molecular weight excluding hydrogens is 378 g/mol. The molecule has 2 saturated heterocycles. The molecule has 0 aromatic heterocycles. The smallest absolute Gasteiger partial charge is 0.244 e. The Hall–Kier alpha value is -2.35. The van der Waals surface area contributed by atoms with E-state index in [-0.39, 0.29) is 17.6 Å². The van der Waals surface area contributed by atoms with Gasteiger partial charge in [0.15, 0.2) is 0 Å². The highest BCUT2D eigenvalue weighted by atomic mass is 32.2. The van der Waals surface area contributed by atoms with Crippen molar-refractivity contribution in [3.63, 3.8) is 0 Å². The number of carbonyl (C=O) groups is 2.